The first kappa shape index (κ1) is 17.0. The van der Waals surface area contributed by atoms with Gasteiger partial charge in [0.05, 0.1) is 23.3 Å². The molecule has 1 fully saturated rings. The Hall–Kier alpha value is -1.85. The fourth-order valence-electron chi connectivity index (χ4n) is 3.19. The number of carbonyl (C=O) groups excluding carboxylic acids is 1. The summed E-state index contributed by atoms with van der Waals surface area (Å²) in [7, 11) is 0. The maximum absolute atomic E-state index is 12.5. The van der Waals surface area contributed by atoms with Gasteiger partial charge in [0.1, 0.15) is 0 Å². The molecular formula is C18H23ClN4O. The second kappa shape index (κ2) is 7.81. The van der Waals surface area contributed by atoms with Crippen LogP contribution >= 0.6 is 11.6 Å². The zero-order chi connectivity index (χ0) is 16.9. The van der Waals surface area contributed by atoms with E-state index in [0.717, 1.165) is 50.0 Å². The third-order valence-corrected chi connectivity index (χ3v) is 4.83. The average Bonchev–Trinajstić information content (AvgIpc) is 2.85. The number of halogens is 1. The Morgan fingerprint density at radius 2 is 2.17 bits per heavy atom. The van der Waals surface area contributed by atoms with Gasteiger partial charge in [0, 0.05) is 44.5 Å². The van der Waals surface area contributed by atoms with Crippen LogP contribution in [0.3, 0.4) is 0 Å². The number of benzene rings is 1. The zero-order valence-electron chi connectivity index (χ0n) is 13.8. The molecule has 1 aromatic heterocycles. The van der Waals surface area contributed by atoms with E-state index in [1.54, 1.807) is 6.20 Å². The normalized spacial score (nSPS) is 16.3. The maximum atomic E-state index is 12.5. The molecule has 0 atom stereocenters. The smallest absolute Gasteiger partial charge is 0.224 e. The molecule has 0 radical (unpaired) electrons. The molecule has 1 aliphatic heterocycles. The van der Waals surface area contributed by atoms with Crippen LogP contribution in [0.1, 0.15) is 12.8 Å². The van der Waals surface area contributed by atoms with Crippen molar-refractivity contribution < 1.29 is 4.79 Å². The van der Waals surface area contributed by atoms with Crippen LogP contribution in [0.2, 0.25) is 5.02 Å². The molecule has 0 unspecified atom stereocenters. The highest BCUT2D eigenvalue weighted by Gasteiger charge is 2.18. The van der Waals surface area contributed by atoms with Crippen LogP contribution in [-0.2, 0) is 11.3 Å². The lowest BCUT2D eigenvalue weighted by Crippen LogP contribution is -2.35. The second-order valence-electron chi connectivity index (χ2n) is 6.11. The van der Waals surface area contributed by atoms with Crippen LogP contribution < -0.4 is 0 Å². The summed E-state index contributed by atoms with van der Waals surface area (Å²) < 4.78 is 1.86. The number of carbonyl (C=O) groups is 1. The monoisotopic (exact) mass is 346 g/mol. The van der Waals surface area contributed by atoms with Crippen LogP contribution in [0.5, 0.6) is 0 Å². The van der Waals surface area contributed by atoms with Gasteiger partial charge in [-0.3, -0.25) is 14.4 Å². The van der Waals surface area contributed by atoms with E-state index in [-0.39, 0.29) is 5.91 Å². The van der Waals surface area contributed by atoms with Crippen molar-refractivity contribution in [1.82, 2.24) is 19.6 Å². The Balaban J connectivity index is 1.58. The van der Waals surface area contributed by atoms with Crippen LogP contribution in [-0.4, -0.2) is 58.2 Å². The van der Waals surface area contributed by atoms with Crippen molar-refractivity contribution in [3.05, 3.63) is 42.1 Å². The molecule has 0 saturated carbocycles. The number of fused-ring (bicyclic) bond motifs is 1. The molecule has 6 heteroatoms. The van der Waals surface area contributed by atoms with E-state index >= 15 is 0 Å². The highest BCUT2D eigenvalue weighted by molar-refractivity contribution is 6.35. The Labute approximate surface area is 147 Å². The van der Waals surface area contributed by atoms with Crippen molar-refractivity contribution in [2.45, 2.75) is 19.4 Å². The summed E-state index contributed by atoms with van der Waals surface area (Å²) in [5.74, 6) is 0.195. The average molecular weight is 347 g/mol. The van der Waals surface area contributed by atoms with Gasteiger partial charge in [-0.2, -0.15) is 5.10 Å². The molecular weight excluding hydrogens is 324 g/mol. The molecule has 0 aliphatic carbocycles. The van der Waals surface area contributed by atoms with Gasteiger partial charge in [0.2, 0.25) is 5.91 Å². The van der Waals surface area contributed by atoms with Gasteiger partial charge in [-0.1, -0.05) is 23.7 Å². The highest BCUT2D eigenvalue weighted by Crippen LogP contribution is 2.22. The van der Waals surface area contributed by atoms with E-state index in [2.05, 4.69) is 16.6 Å². The fraction of sp³-hybridized carbons (Fsp3) is 0.444. The number of hydrogen-bond acceptors (Lipinski definition) is 3. The molecule has 24 heavy (non-hydrogen) atoms. The molecule has 1 saturated heterocycles. The first-order valence-electron chi connectivity index (χ1n) is 8.40. The highest BCUT2D eigenvalue weighted by atomic mass is 35.5. The van der Waals surface area contributed by atoms with Crippen molar-refractivity contribution in [1.29, 1.82) is 0 Å². The second-order valence-corrected chi connectivity index (χ2v) is 6.52. The number of nitrogens with zero attached hydrogens (tertiary/aromatic N) is 4. The Morgan fingerprint density at radius 1 is 1.29 bits per heavy atom. The minimum absolute atomic E-state index is 0.195. The Kier molecular flexibility index (Phi) is 5.53. The van der Waals surface area contributed by atoms with Gasteiger partial charge in [0.25, 0.3) is 0 Å². The van der Waals surface area contributed by atoms with E-state index in [9.17, 15) is 4.79 Å². The Bertz CT molecular complexity index is 727. The van der Waals surface area contributed by atoms with E-state index < -0.39 is 0 Å². The summed E-state index contributed by atoms with van der Waals surface area (Å²) in [4.78, 5) is 16.8. The quantitative estimate of drug-likeness (QED) is 0.782. The fourth-order valence-corrected chi connectivity index (χ4v) is 3.41. The largest absolute Gasteiger partial charge is 0.341 e. The first-order chi connectivity index (χ1) is 11.7. The van der Waals surface area contributed by atoms with E-state index in [1.807, 2.05) is 33.9 Å². The summed E-state index contributed by atoms with van der Waals surface area (Å²) in [5.41, 5.74) is 0.975. The van der Waals surface area contributed by atoms with E-state index in [4.69, 9.17) is 11.6 Å². The lowest BCUT2D eigenvalue weighted by Gasteiger charge is -2.21. The lowest BCUT2D eigenvalue weighted by molar-refractivity contribution is -0.131. The van der Waals surface area contributed by atoms with Crippen LogP contribution in [0.4, 0.5) is 0 Å². The first-order valence-corrected chi connectivity index (χ1v) is 8.78. The SMILES string of the molecule is C=CCN1CCCN(C(=O)CCn2ncc3c(Cl)cccc32)CC1. The summed E-state index contributed by atoms with van der Waals surface area (Å²) >= 11 is 6.17. The minimum atomic E-state index is 0.195. The number of aryl methyl sites for hydroxylation is 1. The molecule has 2 heterocycles. The van der Waals surface area contributed by atoms with Crippen molar-refractivity contribution >= 4 is 28.4 Å². The van der Waals surface area contributed by atoms with Crippen LogP contribution in [0.15, 0.2) is 37.1 Å². The van der Waals surface area contributed by atoms with Crippen molar-refractivity contribution in [3.63, 3.8) is 0 Å². The van der Waals surface area contributed by atoms with Gasteiger partial charge in [-0.25, -0.2) is 0 Å². The summed E-state index contributed by atoms with van der Waals surface area (Å²) in [6, 6.07) is 5.75. The molecule has 1 aromatic carbocycles. The standard InChI is InChI=1S/C18H23ClN4O/c1-2-8-21-9-4-10-22(13-12-21)18(24)7-11-23-17-6-3-5-16(19)15(17)14-20-23/h2-3,5-6,14H,1,4,7-13H2. The predicted molar refractivity (Wildman–Crippen MR) is 97.2 cm³/mol. The molecule has 128 valence electrons. The maximum Gasteiger partial charge on any atom is 0.224 e. The number of aromatic nitrogens is 2. The van der Waals surface area contributed by atoms with Crippen LogP contribution in [0.25, 0.3) is 10.9 Å². The van der Waals surface area contributed by atoms with Crippen molar-refractivity contribution in [3.8, 4) is 0 Å². The van der Waals surface area contributed by atoms with E-state index in [0.29, 0.717) is 18.0 Å². The number of rotatable bonds is 5. The third-order valence-electron chi connectivity index (χ3n) is 4.50. The van der Waals surface area contributed by atoms with Gasteiger partial charge in [0.15, 0.2) is 0 Å². The molecule has 0 bridgehead atoms. The number of amides is 1. The van der Waals surface area contributed by atoms with Crippen molar-refractivity contribution in [2.75, 3.05) is 32.7 Å². The molecule has 3 rings (SSSR count). The minimum Gasteiger partial charge on any atom is -0.341 e. The van der Waals surface area contributed by atoms with Gasteiger partial charge in [-0.15, -0.1) is 6.58 Å². The van der Waals surface area contributed by atoms with E-state index in [1.165, 1.54) is 0 Å². The topological polar surface area (TPSA) is 41.4 Å². The third kappa shape index (κ3) is 3.79. The molecule has 1 amide bonds. The van der Waals surface area contributed by atoms with Gasteiger partial charge < -0.3 is 4.90 Å². The molecule has 1 aliphatic rings. The van der Waals surface area contributed by atoms with Gasteiger partial charge in [-0.05, 0) is 18.6 Å². The summed E-state index contributed by atoms with van der Waals surface area (Å²) in [6.45, 7) is 8.82. The molecule has 0 N–H and O–H groups in total. The summed E-state index contributed by atoms with van der Waals surface area (Å²) in [5, 5.41) is 6.00. The Morgan fingerprint density at radius 3 is 3.00 bits per heavy atom. The predicted octanol–water partition coefficient (Wildman–Crippen LogP) is 2.80. The van der Waals surface area contributed by atoms with Crippen molar-refractivity contribution in [2.24, 2.45) is 0 Å². The molecule has 5 nitrogen and oxygen atoms in total. The molecule has 2 aromatic rings. The number of hydrogen-bond donors (Lipinski definition) is 0. The summed E-state index contributed by atoms with van der Waals surface area (Å²) in [6.07, 6.45) is 5.16. The zero-order valence-corrected chi connectivity index (χ0v) is 14.6. The van der Waals surface area contributed by atoms with Crippen LogP contribution in [0, 0.1) is 0 Å². The molecule has 0 spiro atoms. The van der Waals surface area contributed by atoms with Gasteiger partial charge >= 0.3 is 0 Å². The lowest BCUT2D eigenvalue weighted by atomic mass is 10.2.